The first-order valence-corrected chi connectivity index (χ1v) is 5.23. The second-order valence-corrected chi connectivity index (χ2v) is 3.87. The highest BCUT2D eigenvalue weighted by Gasteiger charge is 2.07. The van der Waals surface area contributed by atoms with Crippen LogP contribution in [0.2, 0.25) is 0 Å². The maximum Gasteiger partial charge on any atom is 0.108 e. The van der Waals surface area contributed by atoms with Gasteiger partial charge in [0.15, 0.2) is 0 Å². The standard InChI is InChI=1S/C10H12N2OS/c1-3-10(13-2)14-9-6-8(7-11)4-5-12-9/h4-6,10H,3H2,1-2H3. The Bertz CT molecular complexity index is 331. The number of pyridine rings is 1. The van der Waals surface area contributed by atoms with Crippen molar-refractivity contribution >= 4 is 11.8 Å². The van der Waals surface area contributed by atoms with E-state index in [9.17, 15) is 0 Å². The average Bonchev–Trinajstić information content (AvgIpc) is 2.26. The van der Waals surface area contributed by atoms with Gasteiger partial charge in [-0.25, -0.2) is 4.98 Å². The first kappa shape index (κ1) is 11.0. The number of methoxy groups -OCH3 is 1. The summed E-state index contributed by atoms with van der Waals surface area (Å²) in [5.74, 6) is 0. The van der Waals surface area contributed by atoms with Gasteiger partial charge in [0.25, 0.3) is 0 Å². The number of thioether (sulfide) groups is 1. The molecule has 0 amide bonds. The van der Waals surface area contributed by atoms with Crippen molar-refractivity contribution in [2.24, 2.45) is 0 Å². The fourth-order valence-electron chi connectivity index (χ4n) is 0.976. The van der Waals surface area contributed by atoms with Crippen molar-refractivity contribution in [3.8, 4) is 6.07 Å². The summed E-state index contributed by atoms with van der Waals surface area (Å²) in [7, 11) is 1.68. The number of nitrogens with zero attached hydrogens (tertiary/aromatic N) is 2. The molecule has 0 saturated carbocycles. The van der Waals surface area contributed by atoms with E-state index in [-0.39, 0.29) is 5.44 Å². The molecule has 0 fully saturated rings. The van der Waals surface area contributed by atoms with Gasteiger partial charge in [0.2, 0.25) is 0 Å². The van der Waals surface area contributed by atoms with Gasteiger partial charge in [-0.2, -0.15) is 5.26 Å². The van der Waals surface area contributed by atoms with Crippen molar-refractivity contribution in [2.75, 3.05) is 7.11 Å². The Labute approximate surface area is 88.1 Å². The van der Waals surface area contributed by atoms with E-state index in [0.29, 0.717) is 5.56 Å². The van der Waals surface area contributed by atoms with E-state index < -0.39 is 0 Å². The third-order valence-corrected chi connectivity index (χ3v) is 2.97. The van der Waals surface area contributed by atoms with Crippen LogP contribution >= 0.6 is 11.8 Å². The molecule has 3 nitrogen and oxygen atoms in total. The molecule has 0 aromatic carbocycles. The van der Waals surface area contributed by atoms with Gasteiger partial charge in [0.05, 0.1) is 16.7 Å². The molecule has 14 heavy (non-hydrogen) atoms. The minimum atomic E-state index is 0.108. The molecule has 74 valence electrons. The summed E-state index contributed by atoms with van der Waals surface area (Å²) in [5.41, 5.74) is 0.741. The lowest BCUT2D eigenvalue weighted by Gasteiger charge is -2.11. The van der Waals surface area contributed by atoms with Crippen molar-refractivity contribution < 1.29 is 4.74 Å². The zero-order valence-electron chi connectivity index (χ0n) is 8.23. The number of hydrogen-bond acceptors (Lipinski definition) is 4. The second-order valence-electron chi connectivity index (χ2n) is 2.69. The van der Waals surface area contributed by atoms with E-state index in [4.69, 9.17) is 10.00 Å². The summed E-state index contributed by atoms with van der Waals surface area (Å²) >= 11 is 1.53. The molecule has 0 N–H and O–H groups in total. The van der Waals surface area contributed by atoms with Gasteiger partial charge in [-0.15, -0.1) is 0 Å². The molecule has 4 heteroatoms. The van der Waals surface area contributed by atoms with Crippen LogP contribution in [0, 0.1) is 11.3 Å². The Morgan fingerprint density at radius 2 is 2.50 bits per heavy atom. The van der Waals surface area contributed by atoms with Gasteiger partial charge in [-0.3, -0.25) is 0 Å². The molecule has 1 atom stereocenters. The molecule has 1 rings (SSSR count). The van der Waals surface area contributed by atoms with E-state index >= 15 is 0 Å². The molecule has 0 aliphatic heterocycles. The molecule has 0 spiro atoms. The van der Waals surface area contributed by atoms with Crippen molar-refractivity contribution in [2.45, 2.75) is 23.8 Å². The van der Waals surface area contributed by atoms with E-state index in [1.807, 2.05) is 0 Å². The highest BCUT2D eigenvalue weighted by atomic mass is 32.2. The summed E-state index contributed by atoms with van der Waals surface area (Å²) < 4.78 is 5.22. The van der Waals surface area contributed by atoms with Crippen LogP contribution in [0.1, 0.15) is 18.9 Å². The number of ether oxygens (including phenoxy) is 1. The maximum atomic E-state index is 8.69. The highest BCUT2D eigenvalue weighted by Crippen LogP contribution is 2.24. The zero-order chi connectivity index (χ0) is 10.4. The molecule has 1 unspecified atom stereocenters. The molecule has 0 saturated heterocycles. The van der Waals surface area contributed by atoms with Crippen LogP contribution < -0.4 is 0 Å². The van der Waals surface area contributed by atoms with Gasteiger partial charge in [0.1, 0.15) is 5.44 Å². The Hall–Kier alpha value is -1.05. The Morgan fingerprint density at radius 1 is 1.71 bits per heavy atom. The first-order valence-electron chi connectivity index (χ1n) is 4.35. The third kappa shape index (κ3) is 3.02. The monoisotopic (exact) mass is 208 g/mol. The smallest absolute Gasteiger partial charge is 0.108 e. The Kier molecular flexibility index (Phi) is 4.44. The van der Waals surface area contributed by atoms with Gasteiger partial charge in [-0.05, 0) is 18.6 Å². The summed E-state index contributed by atoms with van der Waals surface area (Å²) in [6.07, 6.45) is 2.56. The van der Waals surface area contributed by atoms with E-state index in [2.05, 4.69) is 18.0 Å². The predicted molar refractivity (Wildman–Crippen MR) is 55.9 cm³/mol. The van der Waals surface area contributed by atoms with Gasteiger partial charge in [-0.1, -0.05) is 18.7 Å². The van der Waals surface area contributed by atoms with Crippen LogP contribution in [-0.2, 0) is 4.74 Å². The minimum Gasteiger partial charge on any atom is -0.370 e. The maximum absolute atomic E-state index is 8.69. The van der Waals surface area contributed by atoms with Gasteiger partial charge in [0, 0.05) is 13.3 Å². The molecular weight excluding hydrogens is 196 g/mol. The van der Waals surface area contributed by atoms with E-state index in [1.54, 1.807) is 25.4 Å². The number of nitriles is 1. The Balaban J connectivity index is 2.72. The lowest BCUT2D eigenvalue weighted by Crippen LogP contribution is -2.03. The number of aromatic nitrogens is 1. The summed E-state index contributed by atoms with van der Waals surface area (Å²) in [4.78, 5) is 4.15. The Morgan fingerprint density at radius 3 is 3.07 bits per heavy atom. The largest absolute Gasteiger partial charge is 0.370 e. The van der Waals surface area contributed by atoms with Crippen molar-refractivity contribution in [3.05, 3.63) is 23.9 Å². The predicted octanol–water partition coefficient (Wildman–Crippen LogP) is 2.43. The summed E-state index contributed by atoms with van der Waals surface area (Å²) in [6.45, 7) is 2.05. The van der Waals surface area contributed by atoms with Gasteiger partial charge < -0.3 is 4.74 Å². The lowest BCUT2D eigenvalue weighted by atomic mass is 10.3. The topological polar surface area (TPSA) is 45.9 Å². The van der Waals surface area contributed by atoms with Crippen LogP contribution in [0.4, 0.5) is 0 Å². The highest BCUT2D eigenvalue weighted by molar-refractivity contribution is 7.99. The van der Waals surface area contributed by atoms with Crippen LogP contribution in [0.5, 0.6) is 0 Å². The average molecular weight is 208 g/mol. The zero-order valence-corrected chi connectivity index (χ0v) is 9.04. The van der Waals surface area contributed by atoms with Crippen LogP contribution in [-0.4, -0.2) is 17.5 Å². The van der Waals surface area contributed by atoms with E-state index in [0.717, 1.165) is 11.4 Å². The molecule has 1 aromatic heterocycles. The fourth-order valence-corrected chi connectivity index (χ4v) is 1.83. The van der Waals surface area contributed by atoms with E-state index in [1.165, 1.54) is 11.8 Å². The molecule has 0 bridgehead atoms. The summed E-state index contributed by atoms with van der Waals surface area (Å²) in [5, 5.41) is 9.52. The van der Waals surface area contributed by atoms with Crippen molar-refractivity contribution in [3.63, 3.8) is 0 Å². The molecule has 0 radical (unpaired) electrons. The SMILES string of the molecule is CCC(OC)Sc1cc(C#N)ccn1. The summed E-state index contributed by atoms with van der Waals surface area (Å²) in [6, 6.07) is 5.54. The molecule has 1 aromatic rings. The van der Waals surface area contributed by atoms with Crippen LogP contribution in [0.25, 0.3) is 0 Å². The van der Waals surface area contributed by atoms with Crippen molar-refractivity contribution in [1.82, 2.24) is 4.98 Å². The van der Waals surface area contributed by atoms with Crippen molar-refractivity contribution in [1.29, 1.82) is 5.26 Å². The second kappa shape index (κ2) is 5.63. The van der Waals surface area contributed by atoms with Crippen LogP contribution in [0.3, 0.4) is 0 Å². The molecule has 1 heterocycles. The lowest BCUT2D eigenvalue weighted by molar-refractivity contribution is 0.170. The number of rotatable bonds is 4. The first-order chi connectivity index (χ1) is 6.80. The third-order valence-electron chi connectivity index (χ3n) is 1.71. The quantitative estimate of drug-likeness (QED) is 0.563. The molecule has 0 aliphatic carbocycles. The molecule has 0 aliphatic rings. The number of hydrogen-bond donors (Lipinski definition) is 0. The van der Waals surface area contributed by atoms with Gasteiger partial charge >= 0.3 is 0 Å². The molecular formula is C10H12N2OS. The fraction of sp³-hybridized carbons (Fsp3) is 0.400. The normalized spacial score (nSPS) is 12.1. The van der Waals surface area contributed by atoms with Crippen LogP contribution in [0.15, 0.2) is 23.4 Å². The minimum absolute atomic E-state index is 0.108.